The molecule has 327 valence electrons. The molecule has 0 bridgehead atoms. The number of hydrogen-bond donors (Lipinski definition) is 0. The first-order valence-electron chi connectivity index (χ1n) is 23.2. The van der Waals surface area contributed by atoms with Crippen LogP contribution in [0.2, 0.25) is 17.3 Å². The molecular formula is C58H54GeIrN4S-2. The van der Waals surface area contributed by atoms with Gasteiger partial charge in [0, 0.05) is 31.5 Å². The van der Waals surface area contributed by atoms with Crippen molar-refractivity contribution in [2.45, 2.75) is 70.1 Å². The molecule has 7 heteroatoms. The summed E-state index contributed by atoms with van der Waals surface area (Å²) in [4.78, 5) is 15.8. The van der Waals surface area contributed by atoms with E-state index in [1.54, 1.807) is 11.3 Å². The van der Waals surface area contributed by atoms with Crippen LogP contribution in [-0.4, -0.2) is 32.8 Å². The van der Waals surface area contributed by atoms with Gasteiger partial charge in [-0.1, -0.05) is 87.2 Å². The Bertz CT molecular complexity index is 3310. The molecule has 10 aromatic rings. The van der Waals surface area contributed by atoms with E-state index in [0.29, 0.717) is 17.4 Å². The maximum absolute atomic E-state index is 8.85. The van der Waals surface area contributed by atoms with Crippen LogP contribution in [-0.2, 0) is 26.5 Å². The van der Waals surface area contributed by atoms with Gasteiger partial charge in [0.15, 0.2) is 0 Å². The first kappa shape index (κ1) is 43.4. The second-order valence-corrected chi connectivity index (χ2v) is 29.6. The molecule has 6 aromatic carbocycles. The smallest absolute Gasteiger partial charge is 0 e. The predicted octanol–water partition coefficient (Wildman–Crippen LogP) is 15.2. The number of hydrogen-bond acceptors (Lipinski definition) is 4. The van der Waals surface area contributed by atoms with Gasteiger partial charge in [0.25, 0.3) is 0 Å². The summed E-state index contributed by atoms with van der Waals surface area (Å²) in [6.45, 7) is 11.2. The van der Waals surface area contributed by atoms with Gasteiger partial charge in [0.1, 0.15) is 4.83 Å². The fourth-order valence-corrected chi connectivity index (χ4v) is 12.6. The van der Waals surface area contributed by atoms with Gasteiger partial charge in [-0.15, -0.1) is 18.2 Å². The molecule has 4 nitrogen and oxygen atoms in total. The number of benzene rings is 6. The van der Waals surface area contributed by atoms with Crippen LogP contribution in [0.15, 0.2) is 158 Å². The molecule has 4 aromatic heterocycles. The zero-order valence-electron chi connectivity index (χ0n) is 40.2. The summed E-state index contributed by atoms with van der Waals surface area (Å²) in [5, 5.41) is 2.39. The minimum Gasteiger partial charge on any atom is 0 e. The Kier molecular flexibility index (Phi) is 13.0. The van der Waals surface area contributed by atoms with E-state index in [1.165, 1.54) is 43.4 Å². The Hall–Kier alpha value is -5.50. The van der Waals surface area contributed by atoms with E-state index >= 15 is 0 Å². The van der Waals surface area contributed by atoms with E-state index in [-0.39, 0.29) is 20.1 Å². The minimum atomic E-state index is -2.30. The molecule has 0 N–H and O–H groups in total. The van der Waals surface area contributed by atoms with Crippen LogP contribution in [0.25, 0.3) is 70.8 Å². The Morgan fingerprint density at radius 1 is 0.692 bits per heavy atom. The van der Waals surface area contributed by atoms with Gasteiger partial charge >= 0.3 is 144 Å². The number of pyridine rings is 2. The van der Waals surface area contributed by atoms with Gasteiger partial charge in [-0.3, -0.25) is 4.98 Å². The Labute approximate surface area is 407 Å². The topological polar surface area (TPSA) is 43.6 Å². The number of imidazole rings is 1. The van der Waals surface area contributed by atoms with Crippen LogP contribution in [0.4, 0.5) is 0 Å². The molecule has 0 aliphatic rings. The van der Waals surface area contributed by atoms with Crippen LogP contribution in [0.3, 0.4) is 0 Å². The Morgan fingerprint density at radius 3 is 2.05 bits per heavy atom. The molecule has 0 saturated heterocycles. The molecule has 10 rings (SSSR count). The van der Waals surface area contributed by atoms with Gasteiger partial charge in [-0.2, -0.15) is 11.3 Å². The first-order valence-corrected chi connectivity index (χ1v) is 30.3. The maximum atomic E-state index is 8.85. The van der Waals surface area contributed by atoms with E-state index in [4.69, 9.17) is 12.7 Å². The Balaban J connectivity index is 0.000000201. The predicted molar refractivity (Wildman–Crippen MR) is 275 cm³/mol. The number of para-hydroxylation sites is 2. The molecule has 0 aliphatic carbocycles. The van der Waals surface area contributed by atoms with E-state index in [1.807, 2.05) is 72.9 Å². The summed E-state index contributed by atoms with van der Waals surface area (Å²) in [5.74, 6) is 8.38. The largest absolute Gasteiger partial charge is 0 e. The Morgan fingerprint density at radius 2 is 1.37 bits per heavy atom. The standard InChI is InChI=1S/C37H32N3S.C21H22GeN.Ir/c1-22(2)30-20-26(25-12-7-6-8-13-25)21-31(23(3)4)34(30)40-33-17-10-9-16-32(33)39-36(40)29-15-11-14-27-28-19-18-24(5)38-37(28)41-35(27)29;1-22(2,3)20-16-23-21(18-12-8-5-9-13-18)15-19(20)14-17-10-6-4-7-11-17;/h6-14,16-23H,1-5H3;4-12,15-16H,14H2,1-3H3;/q2*-1;/i;14D2;. The second kappa shape index (κ2) is 19.5. The average molecular weight is 1110 g/mol. The van der Waals surface area contributed by atoms with E-state index in [9.17, 15) is 0 Å². The van der Waals surface area contributed by atoms with Crippen molar-refractivity contribution in [3.05, 3.63) is 198 Å². The van der Waals surface area contributed by atoms with E-state index in [2.05, 4.69) is 159 Å². The van der Waals surface area contributed by atoms with Crippen LogP contribution in [0.1, 0.15) is 70.2 Å². The SMILES string of the molecule is Cc1ccc2c(n1)sc1c(-c3nc4ccccc4n3-c3c(C(C)C)cc(-c4ccccc4)cc3C(C)C)[c-]ccc12.[2H]C([2H])(c1ccccc1)c1cc(-c2[c-]cccc2)nc[c]1[Ge]([CH3])([CH3])[CH3].[Ir]. The number of nitrogens with zero attached hydrogens (tertiary/aromatic N) is 4. The molecule has 0 aliphatic heterocycles. The number of thiophene rings is 1. The fraction of sp³-hybridized carbons (Fsp3) is 0.190. The molecule has 4 heterocycles. The van der Waals surface area contributed by atoms with Crippen molar-refractivity contribution in [1.29, 1.82) is 0 Å². The minimum absolute atomic E-state index is 0. The molecule has 1 radical (unpaired) electrons. The summed E-state index contributed by atoms with van der Waals surface area (Å²) in [6, 6.07) is 58.3. The van der Waals surface area contributed by atoms with Crippen molar-refractivity contribution in [2.75, 3.05) is 0 Å². The molecule has 0 fully saturated rings. The third-order valence-corrected chi connectivity index (χ3v) is 17.1. The number of rotatable bonds is 9. The summed E-state index contributed by atoms with van der Waals surface area (Å²) in [6.07, 6.45) is 0.341. The van der Waals surface area contributed by atoms with Crippen molar-refractivity contribution in [3.63, 3.8) is 0 Å². The monoisotopic (exact) mass is 1110 g/mol. The molecule has 0 saturated carbocycles. The summed E-state index contributed by atoms with van der Waals surface area (Å²) in [7, 11) is 0. The zero-order valence-corrected chi connectivity index (χ0v) is 43.5. The van der Waals surface area contributed by atoms with Gasteiger partial charge in [0.05, 0.1) is 16.9 Å². The van der Waals surface area contributed by atoms with Gasteiger partial charge in [0.2, 0.25) is 0 Å². The van der Waals surface area contributed by atoms with Crippen LogP contribution in [0, 0.1) is 19.1 Å². The normalized spacial score (nSPS) is 12.3. The quantitative estimate of drug-likeness (QED) is 0.107. The van der Waals surface area contributed by atoms with Crippen molar-refractivity contribution in [3.8, 4) is 39.5 Å². The van der Waals surface area contributed by atoms with Crippen LogP contribution >= 0.6 is 11.3 Å². The van der Waals surface area contributed by atoms with E-state index in [0.717, 1.165) is 54.2 Å². The number of aryl methyl sites for hydroxylation is 1. The third kappa shape index (κ3) is 9.60. The molecule has 0 atom stereocenters. The maximum Gasteiger partial charge on any atom is 0 e. The van der Waals surface area contributed by atoms with Crippen LogP contribution in [0.5, 0.6) is 0 Å². The van der Waals surface area contributed by atoms with Crippen molar-refractivity contribution in [1.82, 2.24) is 19.5 Å². The van der Waals surface area contributed by atoms with Crippen LogP contribution < -0.4 is 4.40 Å². The molecule has 65 heavy (non-hydrogen) atoms. The second-order valence-electron chi connectivity index (χ2n) is 18.1. The average Bonchev–Trinajstić information content (AvgIpc) is 3.90. The third-order valence-electron chi connectivity index (χ3n) is 11.7. The number of aromatic nitrogens is 4. The summed E-state index contributed by atoms with van der Waals surface area (Å²) in [5.41, 5.74) is 13.6. The van der Waals surface area contributed by atoms with Crippen molar-refractivity contribution < 1.29 is 22.8 Å². The first-order chi connectivity index (χ1) is 31.7. The van der Waals surface area contributed by atoms with Crippen molar-refractivity contribution in [2.24, 2.45) is 0 Å². The summed E-state index contributed by atoms with van der Waals surface area (Å²) >= 11 is -0.564. The molecule has 0 unspecified atom stereocenters. The van der Waals surface area contributed by atoms with Gasteiger partial charge in [-0.25, -0.2) is 4.98 Å². The van der Waals surface area contributed by atoms with Crippen molar-refractivity contribution >= 4 is 60.3 Å². The fourth-order valence-electron chi connectivity index (χ4n) is 8.45. The van der Waals surface area contributed by atoms with Gasteiger partial charge in [-0.05, 0) is 81.4 Å². The zero-order chi connectivity index (χ0) is 46.3. The number of fused-ring (bicyclic) bond motifs is 4. The molecular weight excluding hydrogens is 1050 g/mol. The van der Waals surface area contributed by atoms with E-state index < -0.39 is 19.6 Å². The van der Waals surface area contributed by atoms with Gasteiger partial charge < -0.3 is 4.57 Å². The summed E-state index contributed by atoms with van der Waals surface area (Å²) < 4.78 is 22.4. The molecule has 0 amide bonds. The molecule has 0 spiro atoms.